The number of pyridine rings is 1. The highest BCUT2D eigenvalue weighted by Gasteiger charge is 2.27. The number of carbonyl (C=O) groups excluding carboxylic acids is 1. The Bertz CT molecular complexity index is 905. The molecular weight excluding hydrogens is 349 g/mol. The molecule has 1 saturated heterocycles. The van der Waals surface area contributed by atoms with Crippen LogP contribution in [0.4, 0.5) is 9.18 Å². The first-order chi connectivity index (χ1) is 13.2. The van der Waals surface area contributed by atoms with E-state index in [1.807, 2.05) is 0 Å². The van der Waals surface area contributed by atoms with Gasteiger partial charge in [-0.25, -0.2) is 14.2 Å². The molecule has 1 fully saturated rings. The lowest BCUT2D eigenvalue weighted by molar-refractivity contribution is 0.138. The van der Waals surface area contributed by atoms with Crippen LogP contribution in [0.15, 0.2) is 48.8 Å². The molecule has 0 saturated carbocycles. The highest BCUT2D eigenvalue weighted by atomic mass is 19.1. The molecule has 0 spiro atoms. The quantitative estimate of drug-likeness (QED) is 0.767. The zero-order valence-electron chi connectivity index (χ0n) is 14.5. The second-order valence-corrected chi connectivity index (χ2v) is 6.37. The van der Waals surface area contributed by atoms with Gasteiger partial charge in [0.1, 0.15) is 11.6 Å². The van der Waals surface area contributed by atoms with Gasteiger partial charge in [0.25, 0.3) is 0 Å². The van der Waals surface area contributed by atoms with Gasteiger partial charge in [0.2, 0.25) is 0 Å². The van der Waals surface area contributed by atoms with Crippen LogP contribution in [0.3, 0.4) is 0 Å². The van der Waals surface area contributed by atoms with Crippen LogP contribution in [-0.4, -0.2) is 44.2 Å². The third-order valence-corrected chi connectivity index (χ3v) is 4.58. The van der Waals surface area contributed by atoms with Crippen molar-refractivity contribution in [2.45, 2.75) is 18.8 Å². The smallest absolute Gasteiger partial charge is 0.409 e. The molecule has 0 unspecified atom stereocenters. The third-order valence-electron chi connectivity index (χ3n) is 4.58. The number of piperidine rings is 1. The Kier molecular flexibility index (Phi) is 4.78. The fourth-order valence-electron chi connectivity index (χ4n) is 3.09. The van der Waals surface area contributed by atoms with Gasteiger partial charge < -0.3 is 9.64 Å². The average Bonchev–Trinajstić information content (AvgIpc) is 3.20. The minimum Gasteiger partial charge on any atom is -0.409 e. The summed E-state index contributed by atoms with van der Waals surface area (Å²) in [6.07, 6.45) is 4.29. The molecule has 3 heterocycles. The average molecular weight is 367 g/mol. The topological polar surface area (TPSA) is 84.0 Å². The number of halogens is 1. The van der Waals surface area contributed by atoms with Gasteiger partial charge in [-0.15, -0.1) is 0 Å². The largest absolute Gasteiger partial charge is 0.415 e. The Balaban J connectivity index is 1.35. The van der Waals surface area contributed by atoms with E-state index in [4.69, 9.17) is 4.74 Å². The molecule has 1 aliphatic rings. The van der Waals surface area contributed by atoms with Gasteiger partial charge in [-0.3, -0.25) is 10.1 Å². The van der Waals surface area contributed by atoms with Gasteiger partial charge in [-0.2, -0.15) is 5.10 Å². The monoisotopic (exact) mass is 367 g/mol. The molecule has 0 radical (unpaired) electrons. The van der Waals surface area contributed by atoms with E-state index in [1.54, 1.807) is 35.4 Å². The zero-order valence-corrected chi connectivity index (χ0v) is 14.5. The summed E-state index contributed by atoms with van der Waals surface area (Å²) in [5.74, 6) is 1.66. The van der Waals surface area contributed by atoms with Crippen LogP contribution in [0.2, 0.25) is 0 Å². The highest BCUT2D eigenvalue weighted by Crippen LogP contribution is 2.27. The number of ether oxygens (including phenoxy) is 1. The lowest BCUT2D eigenvalue weighted by Gasteiger charge is -2.30. The van der Waals surface area contributed by atoms with E-state index in [0.717, 1.165) is 24.2 Å². The number of likely N-dealkylation sites (tertiary alicyclic amines) is 1. The minimum atomic E-state index is -0.369. The third kappa shape index (κ3) is 3.94. The molecule has 1 aromatic carbocycles. The van der Waals surface area contributed by atoms with Crippen molar-refractivity contribution in [3.63, 3.8) is 0 Å². The Hall–Kier alpha value is -3.29. The van der Waals surface area contributed by atoms with Crippen LogP contribution < -0.4 is 4.74 Å². The molecule has 3 aromatic rings. The number of benzene rings is 1. The van der Waals surface area contributed by atoms with Crippen molar-refractivity contribution in [1.29, 1.82) is 0 Å². The van der Waals surface area contributed by atoms with Gasteiger partial charge in [0, 0.05) is 30.8 Å². The first-order valence-corrected chi connectivity index (χ1v) is 8.74. The second kappa shape index (κ2) is 7.53. The van der Waals surface area contributed by atoms with Gasteiger partial charge in [0.15, 0.2) is 11.6 Å². The molecule has 8 heteroatoms. The number of aromatic nitrogens is 4. The number of nitrogens with one attached hydrogen (secondary N) is 1. The Labute approximate surface area is 155 Å². The number of nitrogens with zero attached hydrogens (tertiary/aromatic N) is 4. The molecule has 27 heavy (non-hydrogen) atoms. The second-order valence-electron chi connectivity index (χ2n) is 6.37. The number of rotatable bonds is 3. The van der Waals surface area contributed by atoms with E-state index in [2.05, 4.69) is 20.2 Å². The maximum Gasteiger partial charge on any atom is 0.415 e. The van der Waals surface area contributed by atoms with Crippen LogP contribution in [-0.2, 0) is 0 Å². The number of H-pyrrole nitrogens is 1. The molecule has 0 aliphatic carbocycles. The normalized spacial score (nSPS) is 14.9. The van der Waals surface area contributed by atoms with Gasteiger partial charge in [-0.05, 0) is 49.2 Å². The van der Waals surface area contributed by atoms with Crippen molar-refractivity contribution in [1.82, 2.24) is 25.1 Å². The zero-order chi connectivity index (χ0) is 18.6. The van der Waals surface area contributed by atoms with Gasteiger partial charge in [-0.1, -0.05) is 0 Å². The van der Waals surface area contributed by atoms with Crippen LogP contribution in [0.25, 0.3) is 11.4 Å². The van der Waals surface area contributed by atoms with Crippen LogP contribution in [0, 0.1) is 5.82 Å². The number of aromatic amines is 1. The number of hydrogen-bond donors (Lipinski definition) is 1. The van der Waals surface area contributed by atoms with Crippen molar-refractivity contribution in [3.8, 4) is 17.1 Å². The predicted octanol–water partition coefficient (Wildman–Crippen LogP) is 3.38. The summed E-state index contributed by atoms with van der Waals surface area (Å²) in [6.45, 7) is 1.16. The molecule has 4 rings (SSSR count). The summed E-state index contributed by atoms with van der Waals surface area (Å²) in [7, 11) is 0. The molecular formula is C19H18FN5O2. The number of amides is 1. The van der Waals surface area contributed by atoms with Gasteiger partial charge in [0.05, 0.1) is 6.20 Å². The minimum absolute atomic E-state index is 0.189. The molecule has 0 bridgehead atoms. The van der Waals surface area contributed by atoms with Crippen molar-refractivity contribution in [2.24, 2.45) is 0 Å². The summed E-state index contributed by atoms with van der Waals surface area (Å²) >= 11 is 0. The van der Waals surface area contributed by atoms with E-state index in [-0.39, 0.29) is 17.8 Å². The van der Waals surface area contributed by atoms with Crippen LogP contribution in [0.1, 0.15) is 24.6 Å². The Morgan fingerprint density at radius 3 is 2.67 bits per heavy atom. The standard InChI is InChI=1S/C19H18FN5O2/c20-15-5-3-13(4-6-15)17-22-18(24-23-17)14-7-10-25(11-8-14)19(26)27-16-2-1-9-21-12-16/h1-6,9,12,14H,7-8,10-11H2,(H,22,23,24). The molecule has 7 nitrogen and oxygen atoms in total. The maximum absolute atomic E-state index is 13.0. The summed E-state index contributed by atoms with van der Waals surface area (Å²) in [4.78, 5) is 22.4. The Morgan fingerprint density at radius 2 is 1.96 bits per heavy atom. The molecule has 2 aromatic heterocycles. The van der Waals surface area contributed by atoms with Crippen molar-refractivity contribution < 1.29 is 13.9 Å². The van der Waals surface area contributed by atoms with E-state index in [0.29, 0.717) is 24.7 Å². The van der Waals surface area contributed by atoms with Crippen LogP contribution in [0.5, 0.6) is 5.75 Å². The predicted molar refractivity (Wildman–Crippen MR) is 95.6 cm³/mol. The number of carbonyl (C=O) groups is 1. The summed E-state index contributed by atoms with van der Waals surface area (Å²) in [5.41, 5.74) is 0.761. The first kappa shape index (κ1) is 17.1. The van der Waals surface area contributed by atoms with E-state index >= 15 is 0 Å². The van der Waals surface area contributed by atoms with Crippen LogP contribution >= 0.6 is 0 Å². The summed E-state index contributed by atoms with van der Waals surface area (Å²) in [5, 5.41) is 7.21. The molecule has 1 N–H and O–H groups in total. The Morgan fingerprint density at radius 1 is 1.19 bits per heavy atom. The first-order valence-electron chi connectivity index (χ1n) is 8.74. The van der Waals surface area contributed by atoms with E-state index < -0.39 is 0 Å². The fourth-order valence-corrected chi connectivity index (χ4v) is 3.09. The molecule has 0 atom stereocenters. The van der Waals surface area contributed by atoms with Gasteiger partial charge >= 0.3 is 6.09 Å². The van der Waals surface area contributed by atoms with Crippen molar-refractivity contribution in [2.75, 3.05) is 13.1 Å². The molecule has 138 valence electrons. The SMILES string of the molecule is O=C(Oc1cccnc1)N1CCC(c2nc(-c3ccc(F)cc3)n[nH]2)CC1. The summed E-state index contributed by atoms with van der Waals surface area (Å²) < 4.78 is 18.4. The van der Waals surface area contributed by atoms with Crippen molar-refractivity contribution in [3.05, 3.63) is 60.4 Å². The lowest BCUT2D eigenvalue weighted by Crippen LogP contribution is -2.39. The summed E-state index contributed by atoms with van der Waals surface area (Å²) in [6, 6.07) is 9.49. The highest BCUT2D eigenvalue weighted by molar-refractivity contribution is 5.70. The molecule has 1 aliphatic heterocycles. The number of hydrogen-bond acceptors (Lipinski definition) is 5. The fraction of sp³-hybridized carbons (Fsp3) is 0.263. The van der Waals surface area contributed by atoms with E-state index in [9.17, 15) is 9.18 Å². The van der Waals surface area contributed by atoms with E-state index in [1.165, 1.54) is 18.3 Å². The maximum atomic E-state index is 13.0. The van der Waals surface area contributed by atoms with Crippen molar-refractivity contribution >= 4 is 6.09 Å². The lowest BCUT2D eigenvalue weighted by atomic mass is 9.96. The molecule has 1 amide bonds.